The van der Waals surface area contributed by atoms with Gasteiger partial charge in [0.1, 0.15) is 13.2 Å². The lowest BCUT2D eigenvalue weighted by molar-refractivity contribution is 0.0820. The van der Waals surface area contributed by atoms with Gasteiger partial charge in [-0.3, -0.25) is 9.69 Å². The molecule has 0 unspecified atom stereocenters. The second-order valence-corrected chi connectivity index (χ2v) is 10.9. The Labute approximate surface area is 217 Å². The number of fused-ring (bicyclic) bond motifs is 2. The molecule has 9 nitrogen and oxygen atoms in total. The van der Waals surface area contributed by atoms with Crippen LogP contribution in [-0.4, -0.2) is 49.3 Å². The van der Waals surface area contributed by atoms with Gasteiger partial charge < -0.3 is 14.5 Å². The predicted octanol–water partition coefficient (Wildman–Crippen LogP) is 5.08. The van der Waals surface area contributed by atoms with Crippen molar-refractivity contribution < 1.29 is 9.47 Å². The quantitative estimate of drug-likeness (QED) is 0.477. The van der Waals surface area contributed by atoms with E-state index in [4.69, 9.17) is 9.47 Å². The molecule has 1 atom stereocenters. The third-order valence-corrected chi connectivity index (χ3v) is 8.50. The van der Waals surface area contributed by atoms with Crippen LogP contribution in [0.4, 0.5) is 0 Å². The summed E-state index contributed by atoms with van der Waals surface area (Å²) in [5.74, 6) is 2.38. The highest BCUT2D eigenvalue weighted by Gasteiger charge is 2.33. The summed E-state index contributed by atoms with van der Waals surface area (Å²) in [6, 6.07) is 6.73. The van der Waals surface area contributed by atoms with Crippen LogP contribution in [0.15, 0.2) is 23.0 Å². The van der Waals surface area contributed by atoms with Crippen LogP contribution in [0.1, 0.15) is 101 Å². The van der Waals surface area contributed by atoms with E-state index in [1.807, 2.05) is 18.2 Å². The molecule has 2 aromatic heterocycles. The number of ether oxygens (including phenoxy) is 2. The molecule has 0 saturated heterocycles. The number of nitrogens with zero attached hydrogens (tertiary/aromatic N) is 5. The number of hydrogen-bond acceptors (Lipinski definition) is 7. The summed E-state index contributed by atoms with van der Waals surface area (Å²) in [6.45, 7) is 3.85. The first-order valence-electron chi connectivity index (χ1n) is 14.2. The molecule has 2 fully saturated rings. The van der Waals surface area contributed by atoms with Gasteiger partial charge in [0, 0.05) is 29.6 Å². The van der Waals surface area contributed by atoms with E-state index in [1.54, 1.807) is 0 Å². The van der Waals surface area contributed by atoms with E-state index in [-0.39, 0.29) is 11.6 Å². The molecule has 1 aromatic carbocycles. The van der Waals surface area contributed by atoms with Crippen molar-refractivity contribution in [2.45, 2.75) is 102 Å². The van der Waals surface area contributed by atoms with Gasteiger partial charge in [-0.15, -0.1) is 5.10 Å². The zero-order valence-electron chi connectivity index (χ0n) is 21.8. The topological polar surface area (TPSA) is 98.2 Å². The van der Waals surface area contributed by atoms with Crippen LogP contribution in [0, 0.1) is 0 Å². The average molecular weight is 507 g/mol. The summed E-state index contributed by atoms with van der Waals surface area (Å²) < 4.78 is 13.6. The smallest absolute Gasteiger partial charge is 0.252 e. The van der Waals surface area contributed by atoms with E-state index < -0.39 is 0 Å². The first-order chi connectivity index (χ1) is 18.2. The molecule has 0 spiro atoms. The summed E-state index contributed by atoms with van der Waals surface area (Å²) in [5.41, 5.74) is 1.49. The molecule has 0 amide bonds. The van der Waals surface area contributed by atoms with E-state index in [2.05, 4.69) is 37.0 Å². The van der Waals surface area contributed by atoms with Crippen LogP contribution in [0.5, 0.6) is 11.5 Å². The Morgan fingerprint density at radius 3 is 2.43 bits per heavy atom. The third-order valence-electron chi connectivity index (χ3n) is 8.50. The molecule has 3 heterocycles. The van der Waals surface area contributed by atoms with Gasteiger partial charge in [0.25, 0.3) is 5.56 Å². The maximum absolute atomic E-state index is 13.3. The fourth-order valence-corrected chi connectivity index (χ4v) is 6.58. The molecule has 0 radical (unpaired) electrons. The number of aromatic nitrogens is 5. The van der Waals surface area contributed by atoms with Crippen LogP contribution in [-0.2, 0) is 6.54 Å². The van der Waals surface area contributed by atoms with Crippen molar-refractivity contribution in [1.29, 1.82) is 0 Å². The first-order valence-corrected chi connectivity index (χ1v) is 14.2. The van der Waals surface area contributed by atoms with E-state index >= 15 is 0 Å². The molecule has 2 saturated carbocycles. The lowest BCUT2D eigenvalue weighted by Gasteiger charge is -2.39. The van der Waals surface area contributed by atoms with Gasteiger partial charge in [-0.1, -0.05) is 45.4 Å². The minimum absolute atomic E-state index is 0.0493. The maximum atomic E-state index is 13.3. The molecule has 2 aliphatic carbocycles. The Bertz CT molecular complexity index is 1270. The summed E-state index contributed by atoms with van der Waals surface area (Å²) in [4.78, 5) is 19.0. The summed E-state index contributed by atoms with van der Waals surface area (Å²) >= 11 is 0. The van der Waals surface area contributed by atoms with Crippen LogP contribution < -0.4 is 15.0 Å². The fraction of sp³-hybridized carbons (Fsp3) is 0.643. The van der Waals surface area contributed by atoms with E-state index in [0.717, 1.165) is 60.1 Å². The lowest BCUT2D eigenvalue weighted by Crippen LogP contribution is -2.41. The summed E-state index contributed by atoms with van der Waals surface area (Å²) in [5, 5.41) is 14.2. The van der Waals surface area contributed by atoms with Crippen LogP contribution >= 0.6 is 0 Å². The Kier molecular flexibility index (Phi) is 7.13. The molecule has 3 aromatic rings. The SMILES string of the molecule is CC[C@@H](c1nnnn1C1CCCCC1)N(Cc1cc2cc3c(cc2[nH]c1=O)OCCO3)C1CCCCC1. The van der Waals surface area contributed by atoms with Gasteiger partial charge in [-0.25, -0.2) is 4.68 Å². The Morgan fingerprint density at radius 2 is 1.70 bits per heavy atom. The molecule has 1 N–H and O–H groups in total. The highest BCUT2D eigenvalue weighted by molar-refractivity contribution is 5.83. The van der Waals surface area contributed by atoms with Crippen molar-refractivity contribution in [3.05, 3.63) is 39.9 Å². The van der Waals surface area contributed by atoms with Crippen molar-refractivity contribution in [2.75, 3.05) is 13.2 Å². The van der Waals surface area contributed by atoms with Gasteiger partial charge in [-0.2, -0.15) is 0 Å². The Morgan fingerprint density at radius 1 is 1.00 bits per heavy atom. The van der Waals surface area contributed by atoms with Crippen molar-refractivity contribution in [2.24, 2.45) is 0 Å². The second-order valence-electron chi connectivity index (χ2n) is 10.9. The van der Waals surface area contributed by atoms with Crippen molar-refractivity contribution in [3.63, 3.8) is 0 Å². The highest BCUT2D eigenvalue weighted by Crippen LogP contribution is 2.37. The number of nitrogens with one attached hydrogen (secondary N) is 1. The molecule has 198 valence electrons. The van der Waals surface area contributed by atoms with E-state index in [1.165, 1.54) is 38.5 Å². The minimum atomic E-state index is -0.0493. The molecule has 0 bridgehead atoms. The van der Waals surface area contributed by atoms with Crippen LogP contribution in [0.25, 0.3) is 10.9 Å². The van der Waals surface area contributed by atoms with Crippen LogP contribution in [0.2, 0.25) is 0 Å². The standard InChI is InChI=1S/C28H38N6O3/c1-2-24(27-30-31-32-34(27)22-11-7-4-8-12-22)33(21-9-5-3-6-10-21)18-20-15-19-16-25-26(37-14-13-36-25)17-23(19)29-28(20)35/h15-17,21-22,24H,2-14,18H2,1H3,(H,29,35)/t24-/m0/s1. The number of aromatic amines is 1. The molecule has 9 heteroatoms. The van der Waals surface area contributed by atoms with Crippen LogP contribution in [0.3, 0.4) is 0 Å². The zero-order chi connectivity index (χ0) is 25.2. The first kappa shape index (κ1) is 24.4. The monoisotopic (exact) mass is 506 g/mol. The number of pyridine rings is 1. The van der Waals surface area contributed by atoms with Gasteiger partial charge in [0.05, 0.1) is 17.6 Å². The molecule has 1 aliphatic heterocycles. The molecule has 37 heavy (non-hydrogen) atoms. The summed E-state index contributed by atoms with van der Waals surface area (Å²) in [7, 11) is 0. The second kappa shape index (κ2) is 10.8. The van der Waals surface area contributed by atoms with Crippen molar-refractivity contribution in [3.8, 4) is 11.5 Å². The lowest BCUT2D eigenvalue weighted by atomic mass is 9.91. The summed E-state index contributed by atoms with van der Waals surface area (Å²) in [6.07, 6.45) is 13.0. The van der Waals surface area contributed by atoms with Crippen molar-refractivity contribution in [1.82, 2.24) is 30.1 Å². The minimum Gasteiger partial charge on any atom is -0.486 e. The van der Waals surface area contributed by atoms with E-state index in [0.29, 0.717) is 37.6 Å². The molecule has 6 rings (SSSR count). The Balaban J connectivity index is 1.36. The third kappa shape index (κ3) is 4.98. The van der Waals surface area contributed by atoms with Gasteiger partial charge in [-0.05, 0) is 54.7 Å². The predicted molar refractivity (Wildman–Crippen MR) is 141 cm³/mol. The van der Waals surface area contributed by atoms with Crippen molar-refractivity contribution >= 4 is 10.9 Å². The number of H-pyrrole nitrogens is 1. The van der Waals surface area contributed by atoms with E-state index in [9.17, 15) is 4.79 Å². The van der Waals surface area contributed by atoms with Gasteiger partial charge in [0.15, 0.2) is 17.3 Å². The highest BCUT2D eigenvalue weighted by atomic mass is 16.6. The number of hydrogen-bond donors (Lipinski definition) is 1. The largest absolute Gasteiger partial charge is 0.486 e. The molecular formula is C28H38N6O3. The number of rotatable bonds is 7. The number of benzene rings is 1. The molecule has 3 aliphatic rings. The maximum Gasteiger partial charge on any atom is 0.252 e. The normalized spacial score (nSPS) is 19.9. The number of tetrazole rings is 1. The Hall–Kier alpha value is -2.94. The molecular weight excluding hydrogens is 468 g/mol. The van der Waals surface area contributed by atoms with Gasteiger partial charge >= 0.3 is 0 Å². The fourth-order valence-electron chi connectivity index (χ4n) is 6.58. The zero-order valence-corrected chi connectivity index (χ0v) is 21.8. The average Bonchev–Trinajstić information content (AvgIpc) is 3.43. The van der Waals surface area contributed by atoms with Gasteiger partial charge in [0.2, 0.25) is 0 Å².